The molecule has 0 saturated carbocycles. The molecule has 1 aliphatic heterocycles. The number of carbonyl (C=O) groups excluding carboxylic acids is 1. The highest BCUT2D eigenvalue weighted by atomic mass is 19.1. The van der Waals surface area contributed by atoms with Crippen LogP contribution in [0.2, 0.25) is 0 Å². The molecule has 2 aromatic rings. The predicted molar refractivity (Wildman–Crippen MR) is 92.1 cm³/mol. The number of urea groups is 1. The van der Waals surface area contributed by atoms with Crippen LogP contribution in [0.3, 0.4) is 0 Å². The maximum absolute atomic E-state index is 12.9. The molecule has 1 aromatic heterocycles. The summed E-state index contributed by atoms with van der Waals surface area (Å²) in [6, 6.07) is 7.30. The Morgan fingerprint density at radius 1 is 1.28 bits per heavy atom. The number of aryl methyl sites for hydroxylation is 2. The molecule has 2 heterocycles. The molecule has 25 heavy (non-hydrogen) atoms. The lowest BCUT2D eigenvalue weighted by Crippen LogP contribution is -2.46. The number of rotatable bonds is 3. The summed E-state index contributed by atoms with van der Waals surface area (Å²) < 4.78 is 18.9. The number of halogens is 1. The van der Waals surface area contributed by atoms with Crippen molar-refractivity contribution in [3.05, 3.63) is 47.7 Å². The van der Waals surface area contributed by atoms with Crippen molar-refractivity contribution in [1.82, 2.24) is 14.9 Å². The van der Waals surface area contributed by atoms with Gasteiger partial charge < -0.3 is 15.0 Å². The molecule has 0 aliphatic carbocycles. The monoisotopic (exact) mass is 344 g/mol. The number of aromatic nitrogens is 2. The van der Waals surface area contributed by atoms with Crippen molar-refractivity contribution >= 4 is 11.7 Å². The summed E-state index contributed by atoms with van der Waals surface area (Å²) >= 11 is 0. The highest BCUT2D eigenvalue weighted by Gasteiger charge is 2.25. The fourth-order valence-corrected chi connectivity index (χ4v) is 2.87. The minimum Gasteiger partial charge on any atom is -0.472 e. The molecule has 0 spiro atoms. The number of benzene rings is 1. The van der Waals surface area contributed by atoms with Crippen molar-refractivity contribution in [1.29, 1.82) is 0 Å². The first kappa shape index (κ1) is 17.1. The van der Waals surface area contributed by atoms with Gasteiger partial charge in [-0.15, -0.1) is 0 Å². The highest BCUT2D eigenvalue weighted by molar-refractivity contribution is 5.89. The SMILES string of the molecule is Cc1cc(OC2CCCN(C(=O)Nc3ccc(F)cc3)C2)nc(C)n1. The molecule has 3 rings (SSSR count). The molecule has 0 radical (unpaired) electrons. The smallest absolute Gasteiger partial charge is 0.321 e. The molecule has 7 heteroatoms. The summed E-state index contributed by atoms with van der Waals surface area (Å²) in [5, 5.41) is 2.78. The van der Waals surface area contributed by atoms with Gasteiger partial charge in [0, 0.05) is 24.0 Å². The van der Waals surface area contributed by atoms with E-state index in [-0.39, 0.29) is 18.0 Å². The molecular weight excluding hydrogens is 323 g/mol. The zero-order valence-electron chi connectivity index (χ0n) is 14.3. The quantitative estimate of drug-likeness (QED) is 0.928. The number of anilines is 1. The Morgan fingerprint density at radius 3 is 2.76 bits per heavy atom. The van der Waals surface area contributed by atoms with Gasteiger partial charge in [-0.25, -0.2) is 14.2 Å². The maximum atomic E-state index is 12.9. The van der Waals surface area contributed by atoms with Gasteiger partial charge in [-0.3, -0.25) is 0 Å². The zero-order chi connectivity index (χ0) is 17.8. The van der Waals surface area contributed by atoms with E-state index in [1.807, 2.05) is 13.8 Å². The Bertz CT molecular complexity index is 731. The second-order valence-corrected chi connectivity index (χ2v) is 6.16. The third-order valence-electron chi connectivity index (χ3n) is 3.99. The van der Waals surface area contributed by atoms with E-state index in [4.69, 9.17) is 4.74 Å². The molecule has 1 fully saturated rings. The van der Waals surface area contributed by atoms with Gasteiger partial charge in [-0.1, -0.05) is 0 Å². The molecule has 1 aromatic carbocycles. The number of nitrogens with zero attached hydrogens (tertiary/aromatic N) is 3. The van der Waals surface area contributed by atoms with Gasteiger partial charge >= 0.3 is 6.03 Å². The summed E-state index contributed by atoms with van der Waals surface area (Å²) in [5.41, 5.74) is 1.42. The van der Waals surface area contributed by atoms with Crippen LogP contribution in [0.5, 0.6) is 5.88 Å². The first-order chi connectivity index (χ1) is 12.0. The van der Waals surface area contributed by atoms with Gasteiger partial charge in [0.1, 0.15) is 17.7 Å². The van der Waals surface area contributed by atoms with Crippen molar-refractivity contribution in [3.63, 3.8) is 0 Å². The fourth-order valence-electron chi connectivity index (χ4n) is 2.87. The number of piperidine rings is 1. The molecule has 1 aliphatic rings. The second-order valence-electron chi connectivity index (χ2n) is 6.16. The van der Waals surface area contributed by atoms with E-state index in [2.05, 4.69) is 15.3 Å². The van der Waals surface area contributed by atoms with E-state index in [0.717, 1.165) is 18.5 Å². The van der Waals surface area contributed by atoms with Gasteiger partial charge in [0.15, 0.2) is 0 Å². The Hall–Kier alpha value is -2.70. The first-order valence-corrected chi connectivity index (χ1v) is 8.30. The summed E-state index contributed by atoms with van der Waals surface area (Å²) in [4.78, 5) is 22.6. The predicted octanol–water partition coefficient (Wildman–Crippen LogP) is 3.31. The molecule has 1 N–H and O–H groups in total. The van der Waals surface area contributed by atoms with Gasteiger partial charge in [0.2, 0.25) is 5.88 Å². The van der Waals surface area contributed by atoms with E-state index < -0.39 is 0 Å². The lowest BCUT2D eigenvalue weighted by Gasteiger charge is -2.32. The molecule has 2 amide bonds. The van der Waals surface area contributed by atoms with Crippen LogP contribution < -0.4 is 10.1 Å². The molecule has 1 saturated heterocycles. The van der Waals surface area contributed by atoms with Crippen LogP contribution >= 0.6 is 0 Å². The van der Waals surface area contributed by atoms with Crippen molar-refractivity contribution < 1.29 is 13.9 Å². The Kier molecular flexibility index (Phi) is 5.11. The summed E-state index contributed by atoms with van der Waals surface area (Å²) in [6.45, 7) is 4.86. The van der Waals surface area contributed by atoms with E-state index in [0.29, 0.717) is 30.5 Å². The second kappa shape index (κ2) is 7.46. The molecule has 132 valence electrons. The zero-order valence-corrected chi connectivity index (χ0v) is 14.3. The maximum Gasteiger partial charge on any atom is 0.321 e. The van der Waals surface area contributed by atoms with Crippen LogP contribution in [0.25, 0.3) is 0 Å². The van der Waals surface area contributed by atoms with Crippen LogP contribution in [-0.2, 0) is 0 Å². The Labute approximate surface area is 146 Å². The average Bonchev–Trinajstić information content (AvgIpc) is 2.56. The number of hydrogen-bond donors (Lipinski definition) is 1. The number of carbonyl (C=O) groups is 1. The van der Waals surface area contributed by atoms with Crippen molar-refractivity contribution in [2.45, 2.75) is 32.8 Å². The van der Waals surface area contributed by atoms with Gasteiger partial charge in [-0.05, 0) is 51.0 Å². The minimum atomic E-state index is -0.333. The van der Waals surface area contributed by atoms with E-state index in [1.165, 1.54) is 24.3 Å². The van der Waals surface area contributed by atoms with Crippen molar-refractivity contribution in [2.24, 2.45) is 0 Å². The van der Waals surface area contributed by atoms with Crippen LogP contribution in [0, 0.1) is 19.7 Å². The highest BCUT2D eigenvalue weighted by Crippen LogP contribution is 2.19. The first-order valence-electron chi connectivity index (χ1n) is 8.30. The Balaban J connectivity index is 1.60. The number of amides is 2. The molecule has 1 atom stereocenters. The normalized spacial score (nSPS) is 17.2. The third kappa shape index (κ3) is 4.65. The van der Waals surface area contributed by atoms with Crippen LogP contribution in [0.1, 0.15) is 24.4 Å². The van der Waals surface area contributed by atoms with E-state index in [9.17, 15) is 9.18 Å². The lowest BCUT2D eigenvalue weighted by atomic mass is 10.1. The molecule has 0 bridgehead atoms. The average molecular weight is 344 g/mol. The minimum absolute atomic E-state index is 0.110. The third-order valence-corrected chi connectivity index (χ3v) is 3.99. The summed E-state index contributed by atoms with van der Waals surface area (Å²) in [6.07, 6.45) is 1.61. The molecular formula is C18H21FN4O2. The van der Waals surface area contributed by atoms with Gasteiger partial charge in [0.25, 0.3) is 0 Å². The largest absolute Gasteiger partial charge is 0.472 e. The molecule has 6 nitrogen and oxygen atoms in total. The van der Waals surface area contributed by atoms with Crippen LogP contribution in [0.4, 0.5) is 14.9 Å². The molecule has 1 unspecified atom stereocenters. The topological polar surface area (TPSA) is 67.3 Å². The Morgan fingerprint density at radius 2 is 2.04 bits per heavy atom. The number of nitrogens with one attached hydrogen (secondary N) is 1. The number of likely N-dealkylation sites (tertiary alicyclic amines) is 1. The fraction of sp³-hybridized carbons (Fsp3) is 0.389. The van der Waals surface area contributed by atoms with Crippen molar-refractivity contribution in [3.8, 4) is 5.88 Å². The van der Waals surface area contributed by atoms with Gasteiger partial charge in [-0.2, -0.15) is 4.98 Å². The van der Waals surface area contributed by atoms with Crippen LogP contribution in [0.15, 0.2) is 30.3 Å². The number of hydrogen-bond acceptors (Lipinski definition) is 4. The summed E-state index contributed by atoms with van der Waals surface area (Å²) in [5.74, 6) is 0.868. The standard InChI is InChI=1S/C18H21FN4O2/c1-12-10-17(21-13(2)20-12)25-16-4-3-9-23(11-16)18(24)22-15-7-5-14(19)6-8-15/h5-8,10,16H,3-4,9,11H2,1-2H3,(H,22,24). The van der Waals surface area contributed by atoms with E-state index >= 15 is 0 Å². The summed E-state index contributed by atoms with van der Waals surface area (Å²) in [7, 11) is 0. The van der Waals surface area contributed by atoms with Gasteiger partial charge in [0.05, 0.1) is 6.54 Å². The van der Waals surface area contributed by atoms with Crippen LogP contribution in [-0.4, -0.2) is 40.1 Å². The van der Waals surface area contributed by atoms with E-state index in [1.54, 1.807) is 11.0 Å². The number of ether oxygens (including phenoxy) is 1. The van der Waals surface area contributed by atoms with Crippen molar-refractivity contribution in [2.75, 3.05) is 18.4 Å². The lowest BCUT2D eigenvalue weighted by molar-refractivity contribution is 0.102.